The second kappa shape index (κ2) is 5.80. The molecule has 1 aromatic carbocycles. The van der Waals surface area contributed by atoms with Gasteiger partial charge in [-0.05, 0) is 24.3 Å². The number of thiophene rings is 1. The number of hydrazone groups is 1. The molecule has 0 atom stereocenters. The van der Waals surface area contributed by atoms with Gasteiger partial charge in [0.25, 0.3) is 5.91 Å². The Morgan fingerprint density at radius 1 is 1.24 bits per heavy atom. The highest BCUT2D eigenvalue weighted by atomic mass is 32.1. The SMILES string of the molecule is O=C(NN=Cc1ccnc2ccccc12)c1ccc(F)s1. The van der Waals surface area contributed by atoms with E-state index in [4.69, 9.17) is 0 Å². The van der Waals surface area contributed by atoms with Crippen LogP contribution in [0.25, 0.3) is 10.9 Å². The normalized spacial score (nSPS) is 11.1. The van der Waals surface area contributed by atoms with Crippen LogP contribution in [0.3, 0.4) is 0 Å². The van der Waals surface area contributed by atoms with E-state index in [0.717, 1.165) is 27.8 Å². The molecule has 0 unspecified atom stereocenters. The second-order valence-corrected chi connectivity index (χ2v) is 5.25. The maximum Gasteiger partial charge on any atom is 0.281 e. The summed E-state index contributed by atoms with van der Waals surface area (Å²) in [5.74, 6) is -0.432. The Morgan fingerprint density at radius 3 is 2.90 bits per heavy atom. The summed E-state index contributed by atoms with van der Waals surface area (Å²) >= 11 is 0.782. The number of fused-ring (bicyclic) bond motifs is 1. The predicted octanol–water partition coefficient (Wildman–Crippen LogP) is 3.20. The first kappa shape index (κ1) is 13.4. The fraction of sp³-hybridized carbons (Fsp3) is 0. The minimum atomic E-state index is -0.432. The summed E-state index contributed by atoms with van der Waals surface area (Å²) in [5.41, 5.74) is 4.08. The standard InChI is InChI=1S/C15H10FN3OS/c16-14-6-5-13(21-14)15(20)19-18-9-10-7-8-17-12-4-2-1-3-11(10)12/h1-9H,(H,19,20). The van der Waals surface area contributed by atoms with Crippen LogP contribution in [0.1, 0.15) is 15.2 Å². The van der Waals surface area contributed by atoms with Gasteiger partial charge in [0.15, 0.2) is 5.13 Å². The fourth-order valence-electron chi connectivity index (χ4n) is 1.88. The number of pyridine rings is 1. The number of carbonyl (C=O) groups excluding carboxylic acids is 1. The highest BCUT2D eigenvalue weighted by molar-refractivity contribution is 7.12. The molecular formula is C15H10FN3OS. The first-order valence-electron chi connectivity index (χ1n) is 6.16. The van der Waals surface area contributed by atoms with E-state index in [-0.39, 0.29) is 4.88 Å². The number of hydrogen-bond acceptors (Lipinski definition) is 4. The third kappa shape index (κ3) is 2.95. The number of para-hydroxylation sites is 1. The number of hydrogen-bond donors (Lipinski definition) is 1. The molecule has 6 heteroatoms. The monoisotopic (exact) mass is 299 g/mol. The third-order valence-corrected chi connectivity index (χ3v) is 3.72. The van der Waals surface area contributed by atoms with E-state index in [1.165, 1.54) is 12.1 Å². The van der Waals surface area contributed by atoms with Gasteiger partial charge in [0.1, 0.15) is 0 Å². The minimum Gasteiger partial charge on any atom is -0.266 e. The topological polar surface area (TPSA) is 54.4 Å². The lowest BCUT2D eigenvalue weighted by atomic mass is 10.1. The molecule has 104 valence electrons. The van der Waals surface area contributed by atoms with Gasteiger partial charge < -0.3 is 0 Å². The summed E-state index contributed by atoms with van der Waals surface area (Å²) in [6.45, 7) is 0. The van der Waals surface area contributed by atoms with Crippen LogP contribution in [0.15, 0.2) is 53.8 Å². The Hall–Kier alpha value is -2.60. The van der Waals surface area contributed by atoms with Crippen molar-refractivity contribution < 1.29 is 9.18 Å². The minimum absolute atomic E-state index is 0.282. The van der Waals surface area contributed by atoms with Gasteiger partial charge in [0.05, 0.1) is 16.6 Å². The molecule has 0 saturated carbocycles. The molecule has 4 nitrogen and oxygen atoms in total. The molecule has 2 aromatic heterocycles. The first-order valence-corrected chi connectivity index (χ1v) is 6.98. The van der Waals surface area contributed by atoms with E-state index >= 15 is 0 Å². The Bertz CT molecular complexity index is 823. The molecule has 0 bridgehead atoms. The summed E-state index contributed by atoms with van der Waals surface area (Å²) in [5, 5.41) is 4.45. The van der Waals surface area contributed by atoms with E-state index in [9.17, 15) is 9.18 Å². The quantitative estimate of drug-likeness (QED) is 0.596. The lowest BCUT2D eigenvalue weighted by Crippen LogP contribution is -2.16. The van der Waals surface area contributed by atoms with Crippen LogP contribution in [0, 0.1) is 5.13 Å². The van der Waals surface area contributed by atoms with Gasteiger partial charge in [-0.3, -0.25) is 9.78 Å². The summed E-state index contributed by atoms with van der Waals surface area (Å²) in [6, 6.07) is 12.1. The Balaban J connectivity index is 1.78. The molecule has 0 spiro atoms. The highest BCUT2D eigenvalue weighted by Gasteiger charge is 2.07. The van der Waals surface area contributed by atoms with Crippen molar-refractivity contribution in [3.05, 3.63) is 64.2 Å². The van der Waals surface area contributed by atoms with Crippen molar-refractivity contribution in [3.8, 4) is 0 Å². The Labute approximate surface area is 124 Å². The summed E-state index contributed by atoms with van der Waals surface area (Å²) in [4.78, 5) is 16.2. The largest absolute Gasteiger partial charge is 0.281 e. The molecular weight excluding hydrogens is 289 g/mol. The van der Waals surface area contributed by atoms with Crippen LogP contribution in [-0.2, 0) is 0 Å². The first-order chi connectivity index (χ1) is 10.2. The van der Waals surface area contributed by atoms with E-state index < -0.39 is 11.0 Å². The number of aromatic nitrogens is 1. The van der Waals surface area contributed by atoms with Gasteiger partial charge in [-0.1, -0.05) is 18.2 Å². The van der Waals surface area contributed by atoms with E-state index in [2.05, 4.69) is 15.5 Å². The molecule has 0 saturated heterocycles. The van der Waals surface area contributed by atoms with Gasteiger partial charge in [-0.25, -0.2) is 5.43 Å². The van der Waals surface area contributed by atoms with Crippen LogP contribution < -0.4 is 5.43 Å². The average molecular weight is 299 g/mol. The number of nitrogens with one attached hydrogen (secondary N) is 1. The third-order valence-electron chi connectivity index (χ3n) is 2.85. The van der Waals surface area contributed by atoms with Crippen LogP contribution in [-0.4, -0.2) is 17.1 Å². The number of carbonyl (C=O) groups is 1. The molecule has 21 heavy (non-hydrogen) atoms. The molecule has 0 radical (unpaired) electrons. The number of amides is 1. The number of rotatable bonds is 3. The molecule has 3 aromatic rings. The summed E-state index contributed by atoms with van der Waals surface area (Å²) < 4.78 is 12.8. The summed E-state index contributed by atoms with van der Waals surface area (Å²) in [6.07, 6.45) is 3.23. The fourth-order valence-corrected chi connectivity index (χ4v) is 2.50. The van der Waals surface area contributed by atoms with Gasteiger partial charge >= 0.3 is 0 Å². The van der Waals surface area contributed by atoms with Crippen molar-refractivity contribution in [1.82, 2.24) is 10.4 Å². The zero-order valence-electron chi connectivity index (χ0n) is 10.8. The second-order valence-electron chi connectivity index (χ2n) is 4.22. The van der Waals surface area contributed by atoms with Crippen molar-refractivity contribution in [2.45, 2.75) is 0 Å². The maximum absolute atomic E-state index is 12.8. The molecule has 1 amide bonds. The molecule has 0 fully saturated rings. The van der Waals surface area contributed by atoms with Crippen LogP contribution >= 0.6 is 11.3 Å². The lowest BCUT2D eigenvalue weighted by Gasteiger charge is -2.00. The smallest absolute Gasteiger partial charge is 0.266 e. The van der Waals surface area contributed by atoms with E-state index in [1.807, 2.05) is 30.3 Å². The molecule has 0 aliphatic carbocycles. The average Bonchev–Trinajstić information content (AvgIpc) is 2.94. The van der Waals surface area contributed by atoms with Crippen LogP contribution in [0.5, 0.6) is 0 Å². The zero-order chi connectivity index (χ0) is 14.7. The zero-order valence-corrected chi connectivity index (χ0v) is 11.6. The molecule has 0 aliphatic rings. The number of nitrogens with zero attached hydrogens (tertiary/aromatic N) is 2. The molecule has 0 aliphatic heterocycles. The lowest BCUT2D eigenvalue weighted by molar-refractivity contribution is 0.0959. The van der Waals surface area contributed by atoms with Crippen molar-refractivity contribution in [2.75, 3.05) is 0 Å². The Morgan fingerprint density at radius 2 is 2.10 bits per heavy atom. The molecule has 3 rings (SSSR count). The summed E-state index contributed by atoms with van der Waals surface area (Å²) in [7, 11) is 0. The molecule has 2 heterocycles. The van der Waals surface area contributed by atoms with Gasteiger partial charge in [-0.15, -0.1) is 11.3 Å². The number of benzene rings is 1. The predicted molar refractivity (Wildman–Crippen MR) is 81.1 cm³/mol. The Kier molecular flexibility index (Phi) is 3.70. The van der Waals surface area contributed by atoms with Crippen LogP contribution in [0.2, 0.25) is 0 Å². The number of halogens is 1. The van der Waals surface area contributed by atoms with Gasteiger partial charge in [0.2, 0.25) is 0 Å². The van der Waals surface area contributed by atoms with Crippen molar-refractivity contribution in [3.63, 3.8) is 0 Å². The van der Waals surface area contributed by atoms with E-state index in [1.54, 1.807) is 12.4 Å². The van der Waals surface area contributed by atoms with Crippen molar-refractivity contribution >= 4 is 34.4 Å². The van der Waals surface area contributed by atoms with Crippen LogP contribution in [0.4, 0.5) is 4.39 Å². The van der Waals surface area contributed by atoms with Crippen molar-refractivity contribution in [2.24, 2.45) is 5.10 Å². The molecule has 1 N–H and O–H groups in total. The van der Waals surface area contributed by atoms with Gasteiger partial charge in [0, 0.05) is 17.1 Å². The highest BCUT2D eigenvalue weighted by Crippen LogP contribution is 2.15. The van der Waals surface area contributed by atoms with Crippen molar-refractivity contribution in [1.29, 1.82) is 0 Å². The maximum atomic E-state index is 12.8. The van der Waals surface area contributed by atoms with Gasteiger partial charge in [-0.2, -0.15) is 9.49 Å². The van der Waals surface area contributed by atoms with E-state index in [0.29, 0.717) is 0 Å².